The number of anilines is 6. The number of nitrogens with one attached hydrogen (secondary N) is 1. The van der Waals surface area contributed by atoms with Gasteiger partial charge in [0.15, 0.2) is 0 Å². The van der Waals surface area contributed by atoms with Crippen LogP contribution < -0.4 is 77.3 Å². The fourth-order valence-corrected chi connectivity index (χ4v) is 13.2. The highest BCUT2D eigenvalue weighted by atomic mass is 32.2. The second-order valence-electron chi connectivity index (χ2n) is 15.7. The van der Waals surface area contributed by atoms with Crippen LogP contribution in [0.1, 0.15) is 0 Å². The van der Waals surface area contributed by atoms with Gasteiger partial charge in [0.05, 0.1) is 17.1 Å². The van der Waals surface area contributed by atoms with Crippen molar-refractivity contribution in [2.45, 2.75) is 14.7 Å². The smallest absolute Gasteiger partial charge is 0.262 e. The van der Waals surface area contributed by atoms with E-state index in [9.17, 15) is 0 Å². The predicted octanol–water partition coefficient (Wildman–Crippen LogP) is 6.02. The molecule has 1 N–H and O–H groups in total. The highest BCUT2D eigenvalue weighted by molar-refractivity contribution is 8.01. The van der Waals surface area contributed by atoms with Gasteiger partial charge in [0.2, 0.25) is 0 Å². The highest BCUT2D eigenvalue weighted by Gasteiger charge is 2.48. The predicted molar refractivity (Wildman–Crippen MR) is 265 cm³/mol. The number of hydrogen-bond acceptors (Lipinski definition) is 13. The van der Waals surface area contributed by atoms with Gasteiger partial charge in [-0.05, 0) is 141 Å². The molecule has 0 saturated carbocycles. The fraction of sp³-hybridized carbons (Fsp3) is 0.111. The summed E-state index contributed by atoms with van der Waals surface area (Å²) >= 11 is 8.69. The number of nitrogens with zero attached hydrogens (tertiary/aromatic N) is 4. The molecule has 13 rings (SSSR count). The lowest BCUT2D eigenvalue weighted by Crippen LogP contribution is -2.65. The number of fused-ring (bicyclic) bond motifs is 12. The van der Waals surface area contributed by atoms with Crippen molar-refractivity contribution in [2.24, 2.45) is 0 Å². The topological polar surface area (TPSA) is 72.0 Å². The van der Waals surface area contributed by atoms with Crippen LogP contribution in [-0.4, -0.2) is 61.4 Å². The highest BCUT2D eigenvalue weighted by Crippen LogP contribution is 2.47. The van der Waals surface area contributed by atoms with E-state index < -0.39 is 0 Å². The van der Waals surface area contributed by atoms with Gasteiger partial charge >= 0.3 is 0 Å². The molecule has 6 aliphatic rings. The Hall–Kier alpha value is -4.86. The minimum atomic E-state index is -0.110. The lowest BCUT2D eigenvalue weighted by Gasteiger charge is -2.44. The van der Waals surface area contributed by atoms with Gasteiger partial charge in [-0.25, -0.2) is 0 Å². The fourth-order valence-electron chi connectivity index (χ4n) is 10.4. The van der Waals surface area contributed by atoms with Crippen LogP contribution in [0.15, 0.2) is 112 Å². The van der Waals surface area contributed by atoms with Crippen LogP contribution in [0.5, 0.6) is 34.5 Å². The van der Waals surface area contributed by atoms with E-state index in [4.69, 9.17) is 14.2 Å². The molecule has 0 aliphatic carbocycles. The summed E-state index contributed by atoms with van der Waals surface area (Å²) in [5.41, 5.74) is 17.4. The third kappa shape index (κ3) is 5.08. The SMILES string of the molecule is CSc1cc2c3c(c1)Oc1ccncc1B3c1cc3c(cc1N2)N(SC)c1cc(SC)cc2c1B3c1cc3c(cc1N2SC)Oc1cc(SC)cc2c1B3c1cnccc1O2. The summed E-state index contributed by atoms with van der Waals surface area (Å²) in [6.07, 6.45) is 18.3. The summed E-state index contributed by atoms with van der Waals surface area (Å²) in [4.78, 5) is 12.7. The second kappa shape index (κ2) is 13.6. The number of benzene rings is 5. The Bertz CT molecular complexity index is 2920. The van der Waals surface area contributed by atoms with Crippen molar-refractivity contribution in [1.29, 1.82) is 0 Å². The summed E-state index contributed by atoms with van der Waals surface area (Å²) in [6.45, 7) is -0.243. The third-order valence-corrected chi connectivity index (χ3v) is 16.5. The zero-order valence-electron chi connectivity index (χ0n) is 33.5. The average Bonchev–Trinajstić information content (AvgIpc) is 3.29. The standard InChI is InChI=1S/C45H32B3N5O3S5/c1-57-22-10-32-43-40(13-22)54-37-6-8-49-20-29(37)46(43)25-16-26-33(18-31(25)51-32)52(60-4)35-11-23(58-2)12-36-44(35)47(26)27-17-28-39(19-34(27)53(36)61-5)56-42-15-24(59-3)14-41-45(42)48(28)30-21-50-9-7-38(30)55-41/h6-21,51H,1-5H3. The summed E-state index contributed by atoms with van der Waals surface area (Å²) in [5, 5.41) is 3.91. The zero-order valence-corrected chi connectivity index (χ0v) is 37.6. The number of pyridine rings is 2. The van der Waals surface area contributed by atoms with Gasteiger partial charge in [0, 0.05) is 80.6 Å². The molecule has 0 unspecified atom stereocenters. The van der Waals surface area contributed by atoms with Gasteiger partial charge in [-0.1, -0.05) is 12.1 Å². The van der Waals surface area contributed by atoms with Crippen LogP contribution in [0.2, 0.25) is 0 Å². The molecule has 0 fully saturated rings. The lowest BCUT2D eigenvalue weighted by molar-refractivity contribution is 0.462. The molecule has 0 spiro atoms. The van der Waals surface area contributed by atoms with E-state index in [2.05, 4.69) is 116 Å². The molecule has 0 saturated heterocycles. The molecule has 16 heteroatoms. The van der Waals surface area contributed by atoms with Gasteiger partial charge in [-0.2, -0.15) is 0 Å². The van der Waals surface area contributed by atoms with Crippen molar-refractivity contribution in [3.63, 3.8) is 0 Å². The number of ether oxygens (including phenoxy) is 3. The van der Waals surface area contributed by atoms with Crippen molar-refractivity contribution in [3.05, 3.63) is 97.6 Å². The molecule has 0 amide bonds. The molecule has 61 heavy (non-hydrogen) atoms. The van der Waals surface area contributed by atoms with E-state index in [0.717, 1.165) is 88.7 Å². The summed E-state index contributed by atoms with van der Waals surface area (Å²) in [6, 6.07) is 27.1. The van der Waals surface area contributed by atoms with Crippen LogP contribution in [0, 0.1) is 0 Å². The van der Waals surface area contributed by atoms with Crippen LogP contribution in [0.25, 0.3) is 0 Å². The number of hydrogen-bond donors (Lipinski definition) is 1. The Balaban J connectivity index is 1.09. The quantitative estimate of drug-likeness (QED) is 0.125. The van der Waals surface area contributed by atoms with Crippen LogP contribution in [0.3, 0.4) is 0 Å². The maximum Gasteiger partial charge on any atom is 0.262 e. The molecule has 0 radical (unpaired) electrons. The van der Waals surface area contributed by atoms with E-state index in [1.807, 2.05) is 36.9 Å². The van der Waals surface area contributed by atoms with Gasteiger partial charge in [0.1, 0.15) is 34.5 Å². The van der Waals surface area contributed by atoms with Crippen molar-refractivity contribution < 1.29 is 14.2 Å². The normalized spacial score (nSPS) is 14.7. The Morgan fingerprint density at radius 3 is 1.56 bits per heavy atom. The molecular formula is C45H32B3N5O3S5. The molecule has 6 aliphatic heterocycles. The first kappa shape index (κ1) is 36.8. The molecule has 0 atom stereocenters. The minimum absolute atomic E-state index is 0.0580. The first-order valence-electron chi connectivity index (χ1n) is 19.9. The first-order chi connectivity index (χ1) is 30.0. The molecule has 294 valence electrons. The van der Waals surface area contributed by atoms with Gasteiger partial charge in [-0.3, -0.25) is 18.6 Å². The zero-order chi connectivity index (χ0) is 40.8. The van der Waals surface area contributed by atoms with Crippen LogP contribution in [0.4, 0.5) is 34.1 Å². The van der Waals surface area contributed by atoms with Crippen LogP contribution >= 0.6 is 59.2 Å². The maximum absolute atomic E-state index is 6.99. The van der Waals surface area contributed by atoms with Crippen molar-refractivity contribution >= 4 is 163 Å². The van der Waals surface area contributed by atoms with E-state index in [0.29, 0.717) is 0 Å². The summed E-state index contributed by atoms with van der Waals surface area (Å²) in [5.74, 6) is 5.11. The van der Waals surface area contributed by atoms with Crippen molar-refractivity contribution in [3.8, 4) is 34.5 Å². The number of aromatic nitrogens is 2. The molecule has 8 heterocycles. The van der Waals surface area contributed by atoms with Gasteiger partial charge in [-0.15, -0.1) is 35.3 Å². The maximum atomic E-state index is 6.99. The lowest BCUT2D eigenvalue weighted by atomic mass is 9.29. The van der Waals surface area contributed by atoms with E-state index in [1.54, 1.807) is 59.2 Å². The summed E-state index contributed by atoms with van der Waals surface area (Å²) < 4.78 is 25.1. The number of rotatable bonds is 5. The Labute approximate surface area is 376 Å². The largest absolute Gasteiger partial charge is 0.458 e. The average molecular weight is 884 g/mol. The minimum Gasteiger partial charge on any atom is -0.458 e. The monoisotopic (exact) mass is 883 g/mol. The molecular weight excluding hydrogens is 851 g/mol. The molecule has 7 aromatic rings. The Morgan fingerprint density at radius 1 is 0.443 bits per heavy atom. The van der Waals surface area contributed by atoms with Gasteiger partial charge in [0.25, 0.3) is 20.1 Å². The molecule has 8 nitrogen and oxygen atoms in total. The van der Waals surface area contributed by atoms with E-state index in [-0.39, 0.29) is 20.1 Å². The first-order valence-corrected chi connectivity index (χ1v) is 25.9. The molecule has 0 bridgehead atoms. The Morgan fingerprint density at radius 2 is 0.951 bits per heavy atom. The van der Waals surface area contributed by atoms with Crippen molar-refractivity contribution in [1.82, 2.24) is 9.97 Å². The summed E-state index contributed by atoms with van der Waals surface area (Å²) in [7, 11) is 0. The molecule has 2 aromatic heterocycles. The second-order valence-corrected chi connectivity index (χ2v) is 19.8. The number of thioether (sulfide) groups is 3. The van der Waals surface area contributed by atoms with Crippen molar-refractivity contribution in [2.75, 3.05) is 45.2 Å². The van der Waals surface area contributed by atoms with Crippen LogP contribution in [-0.2, 0) is 0 Å². The van der Waals surface area contributed by atoms with Gasteiger partial charge < -0.3 is 19.5 Å². The molecule has 5 aromatic carbocycles. The van der Waals surface area contributed by atoms with E-state index >= 15 is 0 Å². The van der Waals surface area contributed by atoms with E-state index in [1.165, 1.54) is 43.8 Å². The third-order valence-electron chi connectivity index (χ3n) is 12.9. The Kier molecular flexibility index (Phi) is 8.18.